The van der Waals surface area contributed by atoms with Crippen LogP contribution in [-0.4, -0.2) is 88.9 Å². The number of amides is 5. The van der Waals surface area contributed by atoms with E-state index in [1.165, 1.54) is 44.9 Å². The number of carboxylic acids is 2. The van der Waals surface area contributed by atoms with Crippen molar-refractivity contribution < 1.29 is 43.8 Å². The largest absolute Gasteiger partial charge is 0.480 e. The van der Waals surface area contributed by atoms with Gasteiger partial charge in [0, 0.05) is 0 Å². The van der Waals surface area contributed by atoms with Gasteiger partial charge in [0.15, 0.2) is 0 Å². The summed E-state index contributed by atoms with van der Waals surface area (Å²) in [4.78, 5) is 78.6. The maximum atomic E-state index is 12.3. The molecule has 0 aliphatic rings. The van der Waals surface area contributed by atoms with E-state index in [9.17, 15) is 33.6 Å². The highest BCUT2D eigenvalue weighted by molar-refractivity contribution is 5.92. The molecule has 17 heteroatoms. The van der Waals surface area contributed by atoms with Crippen molar-refractivity contribution in [1.82, 2.24) is 16.0 Å². The summed E-state index contributed by atoms with van der Waals surface area (Å²) in [5.41, 5.74) is 25.8. The molecule has 0 aromatic carbocycles. The molecule has 272 valence electrons. The number of primary amides is 3. The molecule has 0 aliphatic heterocycles. The van der Waals surface area contributed by atoms with Gasteiger partial charge in [-0.1, -0.05) is 64.7 Å². The summed E-state index contributed by atoms with van der Waals surface area (Å²) in [6.07, 6.45) is 12.2. The molecule has 0 fully saturated rings. The van der Waals surface area contributed by atoms with Crippen LogP contribution in [0.15, 0.2) is 0 Å². The van der Waals surface area contributed by atoms with Crippen LogP contribution in [0.4, 0.5) is 0 Å². The van der Waals surface area contributed by atoms with E-state index >= 15 is 0 Å². The molecular weight excluding hydrogens is 616 g/mol. The van der Waals surface area contributed by atoms with Gasteiger partial charge in [-0.05, 0) is 38.8 Å². The van der Waals surface area contributed by atoms with E-state index in [0.29, 0.717) is 25.9 Å². The molecule has 0 aromatic heterocycles. The molecule has 4 atom stereocenters. The second-order valence-corrected chi connectivity index (χ2v) is 11.4. The number of carbonyl (C=O) groups excluding carboxylic acids is 5. The first kappa shape index (κ1) is 45.3. The topological polar surface area (TPSA) is 326 Å². The zero-order chi connectivity index (χ0) is 36.2. The van der Waals surface area contributed by atoms with Crippen LogP contribution in [0.25, 0.3) is 0 Å². The minimum absolute atomic E-state index is 0.257. The van der Waals surface area contributed by atoms with E-state index < -0.39 is 72.1 Å². The van der Waals surface area contributed by atoms with Crippen molar-refractivity contribution in [3.8, 4) is 0 Å². The quantitative estimate of drug-likeness (QED) is 0.0450. The molecule has 15 N–H and O–H groups in total. The summed E-state index contributed by atoms with van der Waals surface area (Å²) < 4.78 is 0. The highest BCUT2D eigenvalue weighted by Crippen LogP contribution is 2.10. The Kier molecular flexibility index (Phi) is 27.4. The SMILES string of the molecule is CCCCCCCCCCCCN[C@@H](CC(N)=O)C(=O)N[C@@H](CC(N)=O)C(=O)O.NCCCC[C@H](NC(=O)[C@@H](N)CC(N)=O)C(=O)O. The van der Waals surface area contributed by atoms with Gasteiger partial charge in [0.05, 0.1) is 31.3 Å². The average molecular weight is 675 g/mol. The van der Waals surface area contributed by atoms with Gasteiger partial charge in [-0.3, -0.25) is 24.0 Å². The molecule has 0 rings (SSSR count). The Labute approximate surface area is 276 Å². The number of nitrogens with two attached hydrogens (primary N) is 5. The van der Waals surface area contributed by atoms with Crippen LogP contribution in [0.3, 0.4) is 0 Å². The molecular formula is C30H58N8O9. The smallest absolute Gasteiger partial charge is 0.326 e. The van der Waals surface area contributed by atoms with Crippen molar-refractivity contribution in [1.29, 1.82) is 0 Å². The second kappa shape index (κ2) is 28.4. The highest BCUT2D eigenvalue weighted by Gasteiger charge is 2.27. The van der Waals surface area contributed by atoms with Gasteiger partial charge in [-0.15, -0.1) is 0 Å². The lowest BCUT2D eigenvalue weighted by molar-refractivity contribution is -0.143. The summed E-state index contributed by atoms with van der Waals surface area (Å²) in [5, 5.41) is 25.4. The van der Waals surface area contributed by atoms with Gasteiger partial charge in [-0.25, -0.2) is 9.59 Å². The van der Waals surface area contributed by atoms with Gasteiger partial charge < -0.3 is 54.8 Å². The van der Waals surface area contributed by atoms with Crippen LogP contribution in [0.2, 0.25) is 0 Å². The highest BCUT2D eigenvalue weighted by atomic mass is 16.4. The van der Waals surface area contributed by atoms with Crippen molar-refractivity contribution in [3.05, 3.63) is 0 Å². The zero-order valence-corrected chi connectivity index (χ0v) is 27.7. The van der Waals surface area contributed by atoms with Gasteiger partial charge in [0.2, 0.25) is 29.5 Å². The van der Waals surface area contributed by atoms with Gasteiger partial charge in [0.25, 0.3) is 0 Å². The lowest BCUT2D eigenvalue weighted by Crippen LogP contribution is -2.52. The fourth-order valence-corrected chi connectivity index (χ4v) is 4.36. The summed E-state index contributed by atoms with van der Waals surface area (Å²) in [6.45, 7) is 3.17. The fourth-order valence-electron chi connectivity index (χ4n) is 4.36. The van der Waals surface area contributed by atoms with E-state index in [4.69, 9.17) is 38.9 Å². The number of hydrogen-bond acceptors (Lipinski definition) is 10. The molecule has 17 nitrogen and oxygen atoms in total. The third-order valence-electron chi connectivity index (χ3n) is 6.98. The predicted octanol–water partition coefficient (Wildman–Crippen LogP) is -0.927. The third kappa shape index (κ3) is 27.0. The summed E-state index contributed by atoms with van der Waals surface area (Å²) in [7, 11) is 0. The Bertz CT molecular complexity index is 968. The summed E-state index contributed by atoms with van der Waals surface area (Å²) in [5.74, 6) is -6.15. The van der Waals surface area contributed by atoms with E-state index in [-0.39, 0.29) is 19.3 Å². The van der Waals surface area contributed by atoms with E-state index in [2.05, 4.69) is 22.9 Å². The number of nitrogens with one attached hydrogen (secondary N) is 3. The number of aliphatic carboxylic acids is 2. The fraction of sp³-hybridized carbons (Fsp3) is 0.767. The Balaban J connectivity index is 0. The number of rotatable bonds is 28. The van der Waals surface area contributed by atoms with E-state index in [0.717, 1.165) is 19.3 Å². The predicted molar refractivity (Wildman–Crippen MR) is 175 cm³/mol. The lowest BCUT2D eigenvalue weighted by Gasteiger charge is -2.20. The molecule has 47 heavy (non-hydrogen) atoms. The first-order valence-electron chi connectivity index (χ1n) is 16.3. The van der Waals surface area contributed by atoms with Crippen molar-refractivity contribution in [2.75, 3.05) is 13.1 Å². The Morgan fingerprint density at radius 3 is 1.47 bits per heavy atom. The molecule has 0 saturated heterocycles. The molecule has 0 radical (unpaired) electrons. The molecule has 0 spiro atoms. The summed E-state index contributed by atoms with van der Waals surface area (Å²) in [6, 6.07) is -4.53. The minimum Gasteiger partial charge on any atom is -0.480 e. The van der Waals surface area contributed by atoms with Crippen molar-refractivity contribution in [2.45, 2.75) is 134 Å². The first-order valence-corrected chi connectivity index (χ1v) is 16.3. The van der Waals surface area contributed by atoms with Crippen LogP contribution >= 0.6 is 0 Å². The number of unbranched alkanes of at least 4 members (excludes halogenated alkanes) is 10. The van der Waals surface area contributed by atoms with Crippen LogP contribution in [0.1, 0.15) is 110 Å². The van der Waals surface area contributed by atoms with Crippen LogP contribution in [0, 0.1) is 0 Å². The van der Waals surface area contributed by atoms with Crippen molar-refractivity contribution in [3.63, 3.8) is 0 Å². The normalized spacial score (nSPS) is 13.2. The molecule has 0 unspecified atom stereocenters. The molecule has 5 amide bonds. The van der Waals surface area contributed by atoms with Crippen molar-refractivity contribution >= 4 is 41.5 Å². The van der Waals surface area contributed by atoms with Gasteiger partial charge in [-0.2, -0.15) is 0 Å². The Hall–Kier alpha value is -3.83. The molecule has 0 aliphatic carbocycles. The van der Waals surface area contributed by atoms with Gasteiger partial charge >= 0.3 is 11.9 Å². The molecule has 0 bridgehead atoms. The van der Waals surface area contributed by atoms with Crippen LogP contribution < -0.4 is 44.6 Å². The zero-order valence-electron chi connectivity index (χ0n) is 27.7. The monoisotopic (exact) mass is 674 g/mol. The van der Waals surface area contributed by atoms with Crippen molar-refractivity contribution in [2.24, 2.45) is 28.7 Å². The molecule has 0 heterocycles. The van der Waals surface area contributed by atoms with Crippen LogP contribution in [0.5, 0.6) is 0 Å². The van der Waals surface area contributed by atoms with Gasteiger partial charge in [0.1, 0.15) is 12.1 Å². The maximum Gasteiger partial charge on any atom is 0.326 e. The lowest BCUT2D eigenvalue weighted by atomic mass is 10.1. The maximum absolute atomic E-state index is 12.3. The first-order chi connectivity index (χ1) is 22.2. The number of carbonyl (C=O) groups is 7. The van der Waals surface area contributed by atoms with E-state index in [1.807, 2.05) is 0 Å². The Morgan fingerprint density at radius 2 is 1.02 bits per heavy atom. The molecule has 0 saturated carbocycles. The van der Waals surface area contributed by atoms with Crippen LogP contribution in [-0.2, 0) is 33.6 Å². The summed E-state index contributed by atoms with van der Waals surface area (Å²) >= 11 is 0. The number of carboxylic acid groups (broad SMARTS) is 2. The molecule has 0 aromatic rings. The second-order valence-electron chi connectivity index (χ2n) is 11.4. The minimum atomic E-state index is -1.44. The average Bonchev–Trinajstić information content (AvgIpc) is 2.97. The standard InChI is InChI=1S/C20H38N4O5.C10H20N4O4/c1-2-3-4-5-6-7-8-9-10-11-12-23-15(13-17(21)25)19(27)24-16(20(28)29)14-18(22)26;11-4-2-1-3-7(10(17)18)14-9(16)6(12)5-8(13)15/h15-16,23H,2-14H2,1H3,(H2,21,25)(H2,22,26)(H,24,27)(H,28,29);6-7H,1-5,11-12H2,(H2,13,15)(H,14,16)(H,17,18)/t15-,16-;6-,7-/m00/s1. The Morgan fingerprint density at radius 1 is 0.574 bits per heavy atom. The van der Waals surface area contributed by atoms with E-state index in [1.54, 1.807) is 0 Å². The third-order valence-corrected chi connectivity index (χ3v) is 6.98. The number of hydrogen-bond donors (Lipinski definition) is 10.